The number of ether oxygens (including phenoxy) is 1. The first kappa shape index (κ1) is 20.7. The maximum Gasteiger partial charge on any atom is 0.319 e. The van der Waals surface area contributed by atoms with Crippen LogP contribution in [0.2, 0.25) is 0 Å². The molecule has 0 saturated heterocycles. The number of fused-ring (bicyclic) bond motifs is 1. The molecule has 2 aliphatic carbocycles. The van der Waals surface area contributed by atoms with E-state index in [2.05, 4.69) is 32.3 Å². The Labute approximate surface area is 197 Å². The minimum Gasteiger partial charge on any atom is -0.492 e. The molecule has 2 aromatic carbocycles. The number of hydrogen-bond acceptors (Lipinski definition) is 4. The molecule has 2 saturated carbocycles. The van der Waals surface area contributed by atoms with Gasteiger partial charge in [-0.3, -0.25) is 0 Å². The van der Waals surface area contributed by atoms with E-state index in [-0.39, 0.29) is 6.03 Å². The zero-order valence-electron chi connectivity index (χ0n) is 18.9. The Bertz CT molecular complexity index is 1320. The van der Waals surface area contributed by atoms with Crippen LogP contribution in [0.1, 0.15) is 31.7 Å². The fourth-order valence-corrected chi connectivity index (χ4v) is 4.39. The van der Waals surface area contributed by atoms with Crippen LogP contribution < -0.4 is 21.1 Å². The van der Waals surface area contributed by atoms with Gasteiger partial charge < -0.3 is 30.2 Å². The number of nitrogen functional groups attached to an aromatic ring is 1. The molecule has 34 heavy (non-hydrogen) atoms. The van der Waals surface area contributed by atoms with Crippen molar-refractivity contribution in [1.82, 2.24) is 19.4 Å². The summed E-state index contributed by atoms with van der Waals surface area (Å²) in [7, 11) is 0. The van der Waals surface area contributed by atoms with E-state index in [4.69, 9.17) is 10.5 Å². The number of nitrogens with two attached hydrogens (primary N) is 1. The Balaban J connectivity index is 1.26. The van der Waals surface area contributed by atoms with Gasteiger partial charge in [-0.15, -0.1) is 0 Å². The van der Waals surface area contributed by atoms with Crippen LogP contribution in [-0.2, 0) is 6.54 Å². The van der Waals surface area contributed by atoms with Crippen LogP contribution >= 0.6 is 0 Å². The molecule has 2 fully saturated rings. The van der Waals surface area contributed by atoms with Gasteiger partial charge in [-0.25, -0.2) is 9.78 Å². The van der Waals surface area contributed by atoms with Crippen LogP contribution in [0.5, 0.6) is 5.75 Å². The smallest absolute Gasteiger partial charge is 0.319 e. The van der Waals surface area contributed by atoms with E-state index in [0.29, 0.717) is 18.7 Å². The predicted octanol–water partition coefficient (Wildman–Crippen LogP) is 4.78. The zero-order chi connectivity index (χ0) is 23.1. The highest BCUT2D eigenvalue weighted by Gasteiger charge is 2.30. The van der Waals surface area contributed by atoms with Crippen molar-refractivity contribution in [3.63, 3.8) is 0 Å². The number of urea groups is 1. The third-order valence-electron chi connectivity index (χ3n) is 6.43. The number of aromatic nitrogens is 3. The Kier molecular flexibility index (Phi) is 5.13. The number of benzene rings is 2. The van der Waals surface area contributed by atoms with Gasteiger partial charge in [0.05, 0.1) is 29.8 Å². The lowest BCUT2D eigenvalue weighted by atomic mass is 10.1. The summed E-state index contributed by atoms with van der Waals surface area (Å²) in [6.45, 7) is 1.31. The van der Waals surface area contributed by atoms with Crippen molar-refractivity contribution in [2.24, 2.45) is 0 Å². The third kappa shape index (κ3) is 4.19. The van der Waals surface area contributed by atoms with Crippen molar-refractivity contribution in [2.75, 3.05) is 17.7 Å². The van der Waals surface area contributed by atoms with Gasteiger partial charge in [-0.2, -0.15) is 0 Å². The van der Waals surface area contributed by atoms with Crippen molar-refractivity contribution in [1.29, 1.82) is 0 Å². The average Bonchev–Trinajstić information content (AvgIpc) is 3.76. The van der Waals surface area contributed by atoms with E-state index >= 15 is 0 Å². The van der Waals surface area contributed by atoms with Gasteiger partial charge in [0.2, 0.25) is 0 Å². The molecule has 0 unspecified atom stereocenters. The monoisotopic (exact) mass is 456 g/mol. The van der Waals surface area contributed by atoms with Gasteiger partial charge in [-0.1, -0.05) is 12.1 Å². The lowest BCUT2D eigenvalue weighted by Crippen LogP contribution is -2.30. The molecule has 0 aliphatic heterocycles. The van der Waals surface area contributed by atoms with Gasteiger partial charge in [0.25, 0.3) is 0 Å². The Morgan fingerprint density at radius 3 is 2.65 bits per heavy atom. The molecule has 8 heteroatoms. The number of nitrogens with zero attached hydrogens (tertiary/aromatic N) is 3. The molecule has 4 aromatic rings. The number of imidazole rings is 1. The molecule has 0 bridgehead atoms. The summed E-state index contributed by atoms with van der Waals surface area (Å²) in [6, 6.07) is 14.7. The summed E-state index contributed by atoms with van der Waals surface area (Å²) in [6.07, 6.45) is 9.90. The summed E-state index contributed by atoms with van der Waals surface area (Å²) in [5, 5.41) is 6.89. The van der Waals surface area contributed by atoms with E-state index in [1.54, 1.807) is 12.5 Å². The number of amides is 2. The maximum absolute atomic E-state index is 12.1. The molecule has 0 atom stereocenters. The lowest BCUT2D eigenvalue weighted by Gasteiger charge is -2.12. The van der Waals surface area contributed by atoms with E-state index in [1.165, 1.54) is 0 Å². The first-order valence-electron chi connectivity index (χ1n) is 11.9. The Morgan fingerprint density at radius 1 is 1.12 bits per heavy atom. The molecule has 2 aliphatic rings. The molecule has 2 heterocycles. The first-order chi connectivity index (χ1) is 16.7. The second-order valence-corrected chi connectivity index (χ2v) is 9.14. The average molecular weight is 457 g/mol. The van der Waals surface area contributed by atoms with Crippen molar-refractivity contribution in [2.45, 2.75) is 44.3 Å². The minimum atomic E-state index is -0.151. The third-order valence-corrected chi connectivity index (χ3v) is 6.43. The quantitative estimate of drug-likeness (QED) is 0.355. The van der Waals surface area contributed by atoms with Crippen molar-refractivity contribution < 1.29 is 9.53 Å². The maximum atomic E-state index is 12.1. The van der Waals surface area contributed by atoms with E-state index in [9.17, 15) is 4.79 Å². The van der Waals surface area contributed by atoms with E-state index < -0.39 is 0 Å². The summed E-state index contributed by atoms with van der Waals surface area (Å²) in [4.78, 5) is 16.1. The van der Waals surface area contributed by atoms with Crippen molar-refractivity contribution in [3.8, 4) is 17.0 Å². The van der Waals surface area contributed by atoms with Gasteiger partial charge in [0.1, 0.15) is 12.4 Å². The second kappa shape index (κ2) is 8.44. The number of hydrogen-bond donors (Lipinski definition) is 3. The van der Waals surface area contributed by atoms with Crippen LogP contribution in [0.25, 0.3) is 22.2 Å². The van der Waals surface area contributed by atoms with Gasteiger partial charge in [-0.05, 0) is 49.9 Å². The second-order valence-electron chi connectivity index (χ2n) is 9.14. The van der Waals surface area contributed by atoms with Crippen LogP contribution in [0.3, 0.4) is 0 Å². The van der Waals surface area contributed by atoms with Crippen molar-refractivity contribution in [3.05, 3.63) is 61.2 Å². The topological polar surface area (TPSA) is 99.1 Å². The highest BCUT2D eigenvalue weighted by Crippen LogP contribution is 2.46. The van der Waals surface area contributed by atoms with Crippen LogP contribution in [-0.4, -0.2) is 32.8 Å². The summed E-state index contributed by atoms with van der Waals surface area (Å²) >= 11 is 0. The molecule has 2 amide bonds. The zero-order valence-corrected chi connectivity index (χ0v) is 18.9. The fourth-order valence-electron chi connectivity index (χ4n) is 4.39. The SMILES string of the molecule is Nc1c(-c2ccc(NC(=O)NC3CC3)cc2)n(C2CC2)c2cc(OCCn3ccnc3)ccc12. The molecular weight excluding hydrogens is 428 g/mol. The Morgan fingerprint density at radius 2 is 1.94 bits per heavy atom. The molecule has 6 rings (SSSR count). The van der Waals surface area contributed by atoms with Crippen LogP contribution in [0, 0.1) is 0 Å². The first-order valence-corrected chi connectivity index (χ1v) is 11.9. The van der Waals surface area contributed by atoms with E-state index in [0.717, 1.165) is 71.5 Å². The highest BCUT2D eigenvalue weighted by atomic mass is 16.5. The molecule has 0 spiro atoms. The van der Waals surface area contributed by atoms with Crippen LogP contribution in [0.15, 0.2) is 61.2 Å². The number of rotatable bonds is 8. The molecular formula is C26H28N6O2. The summed E-state index contributed by atoms with van der Waals surface area (Å²) < 4.78 is 10.4. The number of carbonyl (C=O) groups excluding carboxylic acids is 1. The minimum absolute atomic E-state index is 0.151. The van der Waals surface area contributed by atoms with Gasteiger partial charge in [0.15, 0.2) is 0 Å². The standard InChI is InChI=1S/C26H28N6O2/c27-24-22-10-9-21(34-14-13-31-12-11-28-16-31)15-23(22)32(20-7-8-20)25(24)17-1-3-18(4-2-17)29-26(33)30-19-5-6-19/h1-4,9-12,15-16,19-20H,5-8,13-14,27H2,(H2,29,30,33). The lowest BCUT2D eigenvalue weighted by molar-refractivity contribution is 0.251. The molecule has 4 N–H and O–H groups in total. The van der Waals surface area contributed by atoms with Crippen LogP contribution in [0.4, 0.5) is 16.2 Å². The summed E-state index contributed by atoms with van der Waals surface area (Å²) in [5.41, 5.74) is 11.4. The predicted molar refractivity (Wildman–Crippen MR) is 133 cm³/mol. The molecule has 174 valence electrons. The molecule has 8 nitrogen and oxygen atoms in total. The number of carbonyl (C=O) groups is 1. The Hall–Kier alpha value is -3.94. The normalized spacial score (nSPS) is 15.4. The fraction of sp³-hybridized carbons (Fsp3) is 0.308. The van der Waals surface area contributed by atoms with Gasteiger partial charge in [0, 0.05) is 47.2 Å². The van der Waals surface area contributed by atoms with Crippen molar-refractivity contribution >= 4 is 28.3 Å². The number of anilines is 2. The largest absolute Gasteiger partial charge is 0.492 e. The molecule has 2 aromatic heterocycles. The summed E-state index contributed by atoms with van der Waals surface area (Å²) in [5.74, 6) is 0.833. The highest BCUT2D eigenvalue weighted by molar-refractivity contribution is 6.02. The number of nitrogens with one attached hydrogen (secondary N) is 2. The van der Waals surface area contributed by atoms with Gasteiger partial charge >= 0.3 is 6.03 Å². The molecule has 0 radical (unpaired) electrons. The van der Waals surface area contributed by atoms with E-state index in [1.807, 2.05) is 41.1 Å².